The van der Waals surface area contributed by atoms with Gasteiger partial charge in [-0.25, -0.2) is 8.42 Å². The van der Waals surface area contributed by atoms with Crippen LogP contribution in [0.25, 0.3) is 0 Å². The van der Waals surface area contributed by atoms with Gasteiger partial charge in [0.1, 0.15) is 12.6 Å². The Morgan fingerprint density at radius 1 is 0.872 bits per heavy atom. The summed E-state index contributed by atoms with van der Waals surface area (Å²) in [6, 6.07) is 19.6. The Labute approximate surface area is 244 Å². The van der Waals surface area contributed by atoms with Crippen LogP contribution in [-0.2, 0) is 32.6 Å². The van der Waals surface area contributed by atoms with Gasteiger partial charge in [0.05, 0.1) is 22.0 Å². The lowest BCUT2D eigenvalue weighted by atomic mass is 10.0. The third-order valence-electron chi connectivity index (χ3n) is 5.85. The average Bonchev–Trinajstić information content (AvgIpc) is 2.87. The predicted octanol–water partition coefficient (Wildman–Crippen LogP) is 5.58. The molecular weight excluding hydrogens is 581 g/mol. The highest BCUT2D eigenvalue weighted by Crippen LogP contribution is 2.34. The number of carbonyl (C=O) groups is 2. The fourth-order valence-corrected chi connectivity index (χ4v) is 5.43. The van der Waals surface area contributed by atoms with Crippen LogP contribution in [0.1, 0.15) is 25.0 Å². The van der Waals surface area contributed by atoms with Crippen molar-refractivity contribution in [3.05, 3.63) is 99.0 Å². The van der Waals surface area contributed by atoms with Crippen LogP contribution in [0.15, 0.2) is 72.8 Å². The van der Waals surface area contributed by atoms with Gasteiger partial charge in [-0.05, 0) is 49.2 Å². The number of rotatable bonds is 11. The molecule has 0 saturated carbocycles. The van der Waals surface area contributed by atoms with Crippen LogP contribution >= 0.6 is 34.8 Å². The number of hydrogen-bond donors (Lipinski definition) is 1. The van der Waals surface area contributed by atoms with Crippen LogP contribution in [-0.4, -0.2) is 50.0 Å². The predicted molar refractivity (Wildman–Crippen MR) is 158 cm³/mol. The van der Waals surface area contributed by atoms with Crippen molar-refractivity contribution in [3.63, 3.8) is 0 Å². The van der Waals surface area contributed by atoms with Crippen LogP contribution in [0.5, 0.6) is 0 Å². The normalized spacial score (nSPS) is 12.2. The minimum atomic E-state index is -3.96. The van der Waals surface area contributed by atoms with Gasteiger partial charge in [0.2, 0.25) is 21.8 Å². The van der Waals surface area contributed by atoms with E-state index < -0.39 is 28.5 Å². The zero-order valence-electron chi connectivity index (χ0n) is 21.8. The maximum Gasteiger partial charge on any atom is 0.244 e. The highest BCUT2D eigenvalue weighted by atomic mass is 35.5. The molecule has 208 valence electrons. The van der Waals surface area contributed by atoms with Crippen LogP contribution in [0.2, 0.25) is 15.1 Å². The maximum absolute atomic E-state index is 14.0. The number of carbonyl (C=O) groups excluding carboxylic acids is 2. The number of nitrogens with zero attached hydrogens (tertiary/aromatic N) is 2. The molecule has 0 aliphatic carbocycles. The van der Waals surface area contributed by atoms with Crippen molar-refractivity contribution in [2.45, 2.75) is 38.9 Å². The van der Waals surface area contributed by atoms with E-state index in [-0.39, 0.29) is 40.6 Å². The van der Waals surface area contributed by atoms with Gasteiger partial charge in [0.25, 0.3) is 0 Å². The SMILES string of the molecule is CC(C)NC(=O)[C@@H](Cc1ccccc1)N(Cc1ccc(Cl)cc1)C(=O)CN(c1cccc(Cl)c1Cl)S(C)(=O)=O. The molecule has 0 saturated heterocycles. The molecule has 1 atom stereocenters. The van der Waals surface area contributed by atoms with Gasteiger partial charge in [-0.15, -0.1) is 0 Å². The Kier molecular flexibility index (Phi) is 10.7. The second-order valence-electron chi connectivity index (χ2n) is 9.36. The fourth-order valence-electron chi connectivity index (χ4n) is 4.00. The first kappa shape index (κ1) is 30.8. The van der Waals surface area contributed by atoms with E-state index in [0.29, 0.717) is 5.02 Å². The first-order valence-electron chi connectivity index (χ1n) is 12.2. The Hall–Kier alpha value is -2.78. The summed E-state index contributed by atoms with van der Waals surface area (Å²) in [7, 11) is -3.96. The first-order chi connectivity index (χ1) is 18.4. The third-order valence-corrected chi connectivity index (χ3v) is 8.03. The molecule has 0 aromatic heterocycles. The Morgan fingerprint density at radius 3 is 2.10 bits per heavy atom. The van der Waals surface area contributed by atoms with Crippen molar-refractivity contribution in [2.24, 2.45) is 0 Å². The zero-order chi connectivity index (χ0) is 28.7. The average molecular weight is 611 g/mol. The van der Waals surface area contributed by atoms with Crippen molar-refractivity contribution in [1.29, 1.82) is 0 Å². The van der Waals surface area contributed by atoms with E-state index in [1.165, 1.54) is 17.0 Å². The van der Waals surface area contributed by atoms with Crippen LogP contribution < -0.4 is 9.62 Å². The van der Waals surface area contributed by atoms with Gasteiger partial charge in [-0.1, -0.05) is 83.3 Å². The van der Waals surface area contributed by atoms with E-state index in [4.69, 9.17) is 34.8 Å². The van der Waals surface area contributed by atoms with E-state index in [0.717, 1.165) is 21.7 Å². The van der Waals surface area contributed by atoms with E-state index in [2.05, 4.69) is 5.32 Å². The number of nitrogens with one attached hydrogen (secondary N) is 1. The monoisotopic (exact) mass is 609 g/mol. The summed E-state index contributed by atoms with van der Waals surface area (Å²) in [6.07, 6.45) is 1.20. The molecule has 0 radical (unpaired) electrons. The molecule has 7 nitrogen and oxygen atoms in total. The summed E-state index contributed by atoms with van der Waals surface area (Å²) in [5, 5.41) is 3.57. The maximum atomic E-state index is 14.0. The molecule has 3 aromatic rings. The van der Waals surface area contributed by atoms with Gasteiger partial charge >= 0.3 is 0 Å². The standard InChI is InChI=1S/C28H30Cl3N3O4S/c1-19(2)32-28(36)25(16-20-8-5-4-6-9-20)33(17-21-12-14-22(29)15-13-21)26(35)18-34(39(3,37)38)24-11-7-10-23(30)27(24)31/h4-15,19,25H,16-18H2,1-3H3,(H,32,36)/t25-/m1/s1. The lowest BCUT2D eigenvalue weighted by molar-refractivity contribution is -0.140. The molecule has 39 heavy (non-hydrogen) atoms. The van der Waals surface area contributed by atoms with E-state index in [1.54, 1.807) is 30.3 Å². The molecule has 11 heteroatoms. The molecule has 0 aliphatic rings. The quantitative estimate of drug-likeness (QED) is 0.307. The smallest absolute Gasteiger partial charge is 0.244 e. The number of sulfonamides is 1. The molecule has 3 rings (SSSR count). The van der Waals surface area contributed by atoms with E-state index >= 15 is 0 Å². The highest BCUT2D eigenvalue weighted by Gasteiger charge is 2.33. The summed E-state index contributed by atoms with van der Waals surface area (Å²) in [5.41, 5.74) is 1.63. The molecule has 0 aliphatic heterocycles. The van der Waals surface area contributed by atoms with E-state index in [1.807, 2.05) is 44.2 Å². The molecule has 1 N–H and O–H groups in total. The fraction of sp³-hybridized carbons (Fsp3) is 0.286. The van der Waals surface area contributed by atoms with Crippen molar-refractivity contribution in [2.75, 3.05) is 17.1 Å². The summed E-state index contributed by atoms with van der Waals surface area (Å²) in [6.45, 7) is 3.11. The van der Waals surface area contributed by atoms with Crippen LogP contribution in [0.4, 0.5) is 5.69 Å². The van der Waals surface area contributed by atoms with Gasteiger partial charge in [-0.3, -0.25) is 13.9 Å². The van der Waals surface area contributed by atoms with Crippen LogP contribution in [0.3, 0.4) is 0 Å². The number of anilines is 1. The molecule has 0 unspecified atom stereocenters. The van der Waals surface area contributed by atoms with Gasteiger partial charge in [0.15, 0.2) is 0 Å². The topological polar surface area (TPSA) is 86.8 Å². The molecule has 0 fully saturated rings. The number of amides is 2. The molecule has 0 bridgehead atoms. The van der Waals surface area contributed by atoms with Gasteiger partial charge in [-0.2, -0.15) is 0 Å². The second-order valence-corrected chi connectivity index (χ2v) is 12.5. The summed E-state index contributed by atoms with van der Waals surface area (Å²) < 4.78 is 26.6. The third kappa shape index (κ3) is 8.60. The summed E-state index contributed by atoms with van der Waals surface area (Å²) >= 11 is 18.5. The molecule has 3 aromatic carbocycles. The van der Waals surface area contributed by atoms with Gasteiger partial charge in [0, 0.05) is 24.0 Å². The number of benzene rings is 3. The van der Waals surface area contributed by atoms with Crippen molar-refractivity contribution >= 4 is 62.3 Å². The molecular formula is C28H30Cl3N3O4S. The van der Waals surface area contributed by atoms with Gasteiger partial charge < -0.3 is 10.2 Å². The highest BCUT2D eigenvalue weighted by molar-refractivity contribution is 7.92. The Balaban J connectivity index is 2.07. The molecule has 0 spiro atoms. The first-order valence-corrected chi connectivity index (χ1v) is 15.1. The summed E-state index contributed by atoms with van der Waals surface area (Å²) in [4.78, 5) is 28.9. The Bertz CT molecular complexity index is 1400. The van der Waals surface area contributed by atoms with Crippen molar-refractivity contribution < 1.29 is 18.0 Å². The minimum absolute atomic E-state index is 0.0000271. The van der Waals surface area contributed by atoms with Crippen molar-refractivity contribution in [3.8, 4) is 0 Å². The number of hydrogen-bond acceptors (Lipinski definition) is 4. The second kappa shape index (κ2) is 13.5. The zero-order valence-corrected chi connectivity index (χ0v) is 24.9. The number of halogens is 3. The minimum Gasteiger partial charge on any atom is -0.352 e. The largest absolute Gasteiger partial charge is 0.352 e. The Morgan fingerprint density at radius 2 is 1.51 bits per heavy atom. The lowest BCUT2D eigenvalue weighted by Gasteiger charge is -2.34. The molecule has 0 heterocycles. The molecule has 2 amide bonds. The summed E-state index contributed by atoms with van der Waals surface area (Å²) in [5.74, 6) is -0.950. The van der Waals surface area contributed by atoms with E-state index in [9.17, 15) is 18.0 Å². The van der Waals surface area contributed by atoms with Crippen LogP contribution in [0, 0.1) is 0 Å². The van der Waals surface area contributed by atoms with Crippen molar-refractivity contribution in [1.82, 2.24) is 10.2 Å². The lowest BCUT2D eigenvalue weighted by Crippen LogP contribution is -2.54.